The number of nitrogens with zero attached hydrogens (tertiary/aromatic N) is 1. The molecule has 1 aliphatic heterocycles. The normalized spacial score (nSPS) is 20.8. The van der Waals surface area contributed by atoms with E-state index in [0.717, 1.165) is 50.3 Å². The van der Waals surface area contributed by atoms with Crippen LogP contribution in [0.4, 0.5) is 0 Å². The largest absolute Gasteiger partial charge is 0.312 e. The summed E-state index contributed by atoms with van der Waals surface area (Å²) < 4.78 is 27.7. The predicted octanol–water partition coefficient (Wildman–Crippen LogP) is 1.62. The molecule has 0 aromatic carbocycles. The van der Waals surface area contributed by atoms with Crippen molar-refractivity contribution in [1.82, 2.24) is 14.9 Å². The van der Waals surface area contributed by atoms with E-state index >= 15 is 0 Å². The highest BCUT2D eigenvalue weighted by Gasteiger charge is 2.24. The number of rotatable bonds is 7. The van der Waals surface area contributed by atoms with Gasteiger partial charge < -0.3 is 10.2 Å². The van der Waals surface area contributed by atoms with Crippen LogP contribution in [-0.4, -0.2) is 46.0 Å². The maximum atomic E-state index is 12.4. The Labute approximate surface area is 131 Å². The minimum Gasteiger partial charge on any atom is -0.312 e. The van der Waals surface area contributed by atoms with Gasteiger partial charge in [0.05, 0.1) is 4.90 Å². The van der Waals surface area contributed by atoms with Gasteiger partial charge >= 0.3 is 0 Å². The van der Waals surface area contributed by atoms with Crippen molar-refractivity contribution >= 4 is 21.4 Å². The van der Waals surface area contributed by atoms with Gasteiger partial charge in [-0.2, -0.15) is 0 Å². The highest BCUT2D eigenvalue weighted by atomic mass is 32.2. The second kappa shape index (κ2) is 7.69. The Bertz CT molecular complexity index is 542. The maximum absolute atomic E-state index is 12.4. The number of piperidine rings is 1. The minimum absolute atomic E-state index is 0.0234. The van der Waals surface area contributed by atoms with E-state index in [1.807, 2.05) is 7.05 Å². The molecule has 0 aliphatic carbocycles. The van der Waals surface area contributed by atoms with E-state index in [1.54, 1.807) is 11.4 Å². The average Bonchev–Trinajstić information content (AvgIpc) is 2.88. The van der Waals surface area contributed by atoms with Crippen molar-refractivity contribution in [3.05, 3.63) is 16.3 Å². The zero-order valence-electron chi connectivity index (χ0n) is 12.8. The first kappa shape index (κ1) is 16.9. The van der Waals surface area contributed by atoms with Crippen LogP contribution >= 0.6 is 11.3 Å². The monoisotopic (exact) mass is 331 g/mol. The van der Waals surface area contributed by atoms with E-state index in [9.17, 15) is 8.42 Å². The second-order valence-electron chi connectivity index (χ2n) is 5.65. The topological polar surface area (TPSA) is 61.4 Å². The third-order valence-corrected chi connectivity index (χ3v) is 6.20. The third kappa shape index (κ3) is 5.03. The zero-order valence-corrected chi connectivity index (χ0v) is 14.4. The Morgan fingerprint density at radius 2 is 2.29 bits per heavy atom. The molecule has 1 aliphatic rings. The molecule has 1 aromatic rings. The molecule has 2 rings (SSSR count). The molecule has 2 heterocycles. The highest BCUT2D eigenvalue weighted by molar-refractivity contribution is 7.89. The van der Waals surface area contributed by atoms with E-state index in [4.69, 9.17) is 0 Å². The lowest BCUT2D eigenvalue weighted by Crippen LogP contribution is -2.46. The molecule has 0 spiro atoms. The molecule has 0 radical (unpaired) electrons. The average molecular weight is 332 g/mol. The second-order valence-corrected chi connectivity index (χ2v) is 8.36. The first-order chi connectivity index (χ1) is 10.0. The lowest BCUT2D eigenvalue weighted by molar-refractivity contribution is 0.242. The SMILES string of the molecule is CCCNCc1cc(S(=O)(=O)NC2CCCN(C)C2)cs1. The van der Waals surface area contributed by atoms with Crippen molar-refractivity contribution in [3.63, 3.8) is 0 Å². The third-order valence-electron chi connectivity index (χ3n) is 3.61. The number of likely N-dealkylation sites (N-methyl/N-ethyl adjacent to an activating group) is 1. The molecule has 1 unspecified atom stereocenters. The van der Waals surface area contributed by atoms with Crippen molar-refractivity contribution in [1.29, 1.82) is 0 Å². The molecule has 7 heteroatoms. The van der Waals surface area contributed by atoms with Crippen molar-refractivity contribution in [2.24, 2.45) is 0 Å². The Morgan fingerprint density at radius 3 is 3.00 bits per heavy atom. The first-order valence-corrected chi connectivity index (χ1v) is 9.86. The van der Waals surface area contributed by atoms with E-state index in [1.165, 1.54) is 11.3 Å². The number of thiophene rings is 1. The van der Waals surface area contributed by atoms with E-state index in [0.29, 0.717) is 4.90 Å². The quantitative estimate of drug-likeness (QED) is 0.746. The molecule has 1 aromatic heterocycles. The lowest BCUT2D eigenvalue weighted by atomic mass is 10.1. The Kier molecular flexibility index (Phi) is 6.19. The summed E-state index contributed by atoms with van der Waals surface area (Å²) in [6, 6.07) is 1.80. The number of hydrogen-bond acceptors (Lipinski definition) is 5. The van der Waals surface area contributed by atoms with Gasteiger partial charge in [0.2, 0.25) is 10.0 Å². The van der Waals surface area contributed by atoms with Crippen LogP contribution in [0.25, 0.3) is 0 Å². The summed E-state index contributed by atoms with van der Waals surface area (Å²) in [7, 11) is -1.36. The fourth-order valence-electron chi connectivity index (χ4n) is 2.53. The summed E-state index contributed by atoms with van der Waals surface area (Å²) in [6.07, 6.45) is 3.03. The summed E-state index contributed by atoms with van der Waals surface area (Å²) in [5, 5.41) is 5.03. The Morgan fingerprint density at radius 1 is 1.48 bits per heavy atom. The molecule has 2 N–H and O–H groups in total. The minimum atomic E-state index is -3.39. The highest BCUT2D eigenvalue weighted by Crippen LogP contribution is 2.20. The fraction of sp³-hybridized carbons (Fsp3) is 0.714. The first-order valence-electron chi connectivity index (χ1n) is 7.50. The molecular weight excluding hydrogens is 306 g/mol. The lowest BCUT2D eigenvalue weighted by Gasteiger charge is -2.29. The van der Waals surface area contributed by atoms with E-state index in [-0.39, 0.29) is 6.04 Å². The van der Waals surface area contributed by atoms with Crippen LogP contribution in [0.15, 0.2) is 16.3 Å². The van der Waals surface area contributed by atoms with Gasteiger partial charge in [0.15, 0.2) is 0 Å². The number of hydrogen-bond donors (Lipinski definition) is 2. The molecule has 0 amide bonds. The van der Waals surface area contributed by atoms with E-state index in [2.05, 4.69) is 21.9 Å². The summed E-state index contributed by atoms with van der Waals surface area (Å²) >= 11 is 1.50. The zero-order chi connectivity index (χ0) is 15.3. The molecule has 1 atom stereocenters. The fourth-order valence-corrected chi connectivity index (χ4v) is 5.04. The van der Waals surface area contributed by atoms with Crippen molar-refractivity contribution in [3.8, 4) is 0 Å². The van der Waals surface area contributed by atoms with Crippen LogP contribution in [0.5, 0.6) is 0 Å². The van der Waals surface area contributed by atoms with Gasteiger partial charge in [0.1, 0.15) is 0 Å². The molecule has 0 saturated carbocycles. The van der Waals surface area contributed by atoms with Gasteiger partial charge in [0.25, 0.3) is 0 Å². The standard InChI is InChI=1S/C14H25N3O2S2/c1-3-6-15-9-13-8-14(11-20-13)21(18,19)16-12-5-4-7-17(2)10-12/h8,11-12,15-16H,3-7,9-10H2,1-2H3. The van der Waals surface area contributed by atoms with Gasteiger partial charge in [-0.05, 0) is 45.5 Å². The van der Waals surface area contributed by atoms with Crippen LogP contribution in [-0.2, 0) is 16.6 Å². The summed E-state index contributed by atoms with van der Waals surface area (Å²) in [5.41, 5.74) is 0. The van der Waals surface area contributed by atoms with Crippen LogP contribution < -0.4 is 10.0 Å². The van der Waals surface area contributed by atoms with Crippen LogP contribution in [0.1, 0.15) is 31.1 Å². The van der Waals surface area contributed by atoms with Gasteiger partial charge in [-0.1, -0.05) is 6.92 Å². The van der Waals surface area contributed by atoms with Crippen molar-refractivity contribution in [2.75, 3.05) is 26.7 Å². The smallest absolute Gasteiger partial charge is 0.241 e. The molecule has 0 bridgehead atoms. The van der Waals surface area contributed by atoms with Gasteiger partial charge in [-0.25, -0.2) is 13.1 Å². The number of sulfonamides is 1. The van der Waals surface area contributed by atoms with Gasteiger partial charge in [-0.15, -0.1) is 11.3 Å². The molecular formula is C14H25N3O2S2. The van der Waals surface area contributed by atoms with Crippen LogP contribution in [0.2, 0.25) is 0 Å². The predicted molar refractivity (Wildman–Crippen MR) is 87.2 cm³/mol. The molecule has 120 valence electrons. The van der Waals surface area contributed by atoms with Crippen LogP contribution in [0.3, 0.4) is 0 Å². The summed E-state index contributed by atoms with van der Waals surface area (Å²) in [5.74, 6) is 0. The number of nitrogens with one attached hydrogen (secondary N) is 2. The van der Waals surface area contributed by atoms with Crippen molar-refractivity contribution in [2.45, 2.75) is 43.7 Å². The van der Waals surface area contributed by atoms with Crippen molar-refractivity contribution < 1.29 is 8.42 Å². The Hall–Kier alpha value is -0.470. The molecule has 5 nitrogen and oxygen atoms in total. The van der Waals surface area contributed by atoms with Gasteiger partial charge in [0, 0.05) is 29.4 Å². The van der Waals surface area contributed by atoms with Gasteiger partial charge in [-0.3, -0.25) is 0 Å². The Balaban J connectivity index is 1.95. The summed E-state index contributed by atoms with van der Waals surface area (Å²) in [6.45, 7) is 5.63. The van der Waals surface area contributed by atoms with E-state index < -0.39 is 10.0 Å². The number of likely N-dealkylation sites (tertiary alicyclic amines) is 1. The molecule has 21 heavy (non-hydrogen) atoms. The van der Waals surface area contributed by atoms with Crippen LogP contribution in [0, 0.1) is 0 Å². The maximum Gasteiger partial charge on any atom is 0.241 e. The summed E-state index contributed by atoms with van der Waals surface area (Å²) in [4.78, 5) is 3.63. The molecule has 1 saturated heterocycles. The molecule has 1 fully saturated rings.